The number of carboxylic acid groups (broad SMARTS) is 1. The van der Waals surface area contributed by atoms with Crippen molar-refractivity contribution in [1.82, 2.24) is 14.7 Å². The second kappa shape index (κ2) is 5.74. The number of aliphatic carboxylic acids is 1. The fourth-order valence-electron chi connectivity index (χ4n) is 2.41. The monoisotopic (exact) mass is 305 g/mol. The first-order chi connectivity index (χ1) is 9.77. The van der Waals surface area contributed by atoms with Gasteiger partial charge in [0, 0.05) is 18.8 Å². The maximum absolute atomic E-state index is 12.4. The lowest BCUT2D eigenvalue weighted by molar-refractivity contribution is -0.143. The van der Waals surface area contributed by atoms with E-state index in [1.54, 1.807) is 0 Å². The highest BCUT2D eigenvalue weighted by Crippen LogP contribution is 2.27. The number of carbonyl (C=O) groups is 2. The summed E-state index contributed by atoms with van der Waals surface area (Å²) in [5.41, 5.74) is -1.06. The molecule has 1 aliphatic rings. The Morgan fingerprint density at radius 1 is 1.43 bits per heavy atom. The van der Waals surface area contributed by atoms with E-state index in [9.17, 15) is 22.8 Å². The van der Waals surface area contributed by atoms with Crippen molar-refractivity contribution < 1.29 is 27.9 Å². The Kier molecular flexibility index (Phi) is 4.19. The van der Waals surface area contributed by atoms with Crippen molar-refractivity contribution in [3.8, 4) is 0 Å². The molecule has 2 rings (SSSR count). The number of carboxylic acids is 1. The average molecular weight is 305 g/mol. The number of hydrogen-bond donors (Lipinski definition) is 1. The third kappa shape index (κ3) is 3.73. The van der Waals surface area contributed by atoms with Gasteiger partial charge in [0.1, 0.15) is 6.54 Å². The lowest BCUT2D eigenvalue weighted by Crippen LogP contribution is -2.39. The van der Waals surface area contributed by atoms with Crippen molar-refractivity contribution in [2.45, 2.75) is 38.0 Å². The van der Waals surface area contributed by atoms with E-state index in [-0.39, 0.29) is 13.0 Å². The van der Waals surface area contributed by atoms with Gasteiger partial charge in [-0.25, -0.2) is 0 Å². The molecule has 0 spiro atoms. The molecule has 0 bridgehead atoms. The molecule has 0 radical (unpaired) electrons. The SMILES string of the molecule is O=C(O)CC1CCCN1C(=O)Cn1ccc(C(F)(F)F)n1. The van der Waals surface area contributed by atoms with Crippen LogP contribution in [0.3, 0.4) is 0 Å². The molecule has 1 saturated heterocycles. The van der Waals surface area contributed by atoms with Gasteiger partial charge in [0.15, 0.2) is 5.69 Å². The molecule has 1 N–H and O–H groups in total. The number of carbonyl (C=O) groups excluding carboxylic acids is 1. The van der Waals surface area contributed by atoms with Crippen molar-refractivity contribution in [3.63, 3.8) is 0 Å². The molecule has 1 aromatic rings. The van der Waals surface area contributed by atoms with E-state index in [1.807, 2.05) is 0 Å². The van der Waals surface area contributed by atoms with Gasteiger partial charge in [-0.2, -0.15) is 18.3 Å². The van der Waals surface area contributed by atoms with Gasteiger partial charge < -0.3 is 10.0 Å². The average Bonchev–Trinajstić information content (AvgIpc) is 2.96. The van der Waals surface area contributed by atoms with Crippen molar-refractivity contribution in [1.29, 1.82) is 0 Å². The Hall–Kier alpha value is -2.06. The number of hydrogen-bond acceptors (Lipinski definition) is 3. The predicted octanol–water partition coefficient (Wildman–Crippen LogP) is 1.37. The minimum atomic E-state index is -4.55. The predicted molar refractivity (Wildman–Crippen MR) is 64.2 cm³/mol. The molecule has 21 heavy (non-hydrogen) atoms. The van der Waals surface area contributed by atoms with E-state index in [2.05, 4.69) is 5.10 Å². The van der Waals surface area contributed by atoms with Gasteiger partial charge >= 0.3 is 12.1 Å². The summed E-state index contributed by atoms with van der Waals surface area (Å²) in [5, 5.41) is 12.1. The maximum Gasteiger partial charge on any atom is 0.435 e. The van der Waals surface area contributed by atoms with Crippen LogP contribution in [0.25, 0.3) is 0 Å². The highest BCUT2D eigenvalue weighted by atomic mass is 19.4. The maximum atomic E-state index is 12.4. The number of alkyl halides is 3. The van der Waals surface area contributed by atoms with Crippen LogP contribution in [0.4, 0.5) is 13.2 Å². The molecule has 1 atom stereocenters. The first-order valence-corrected chi connectivity index (χ1v) is 6.39. The number of likely N-dealkylation sites (tertiary alicyclic amines) is 1. The number of amides is 1. The van der Waals surface area contributed by atoms with Crippen LogP contribution in [-0.2, 0) is 22.3 Å². The van der Waals surface area contributed by atoms with Crippen LogP contribution in [0.1, 0.15) is 25.0 Å². The van der Waals surface area contributed by atoms with Gasteiger partial charge in [0.05, 0.1) is 6.42 Å². The molecule has 0 aromatic carbocycles. The molecule has 0 aliphatic carbocycles. The fourth-order valence-corrected chi connectivity index (χ4v) is 2.41. The molecule has 1 unspecified atom stereocenters. The summed E-state index contributed by atoms with van der Waals surface area (Å²) < 4.78 is 38.1. The summed E-state index contributed by atoms with van der Waals surface area (Å²) in [6.45, 7) is 0.0936. The zero-order valence-electron chi connectivity index (χ0n) is 11.0. The quantitative estimate of drug-likeness (QED) is 0.911. The van der Waals surface area contributed by atoms with Crippen LogP contribution >= 0.6 is 0 Å². The fraction of sp³-hybridized carbons (Fsp3) is 0.583. The summed E-state index contributed by atoms with van der Waals surface area (Å²) in [5.74, 6) is -1.42. The summed E-state index contributed by atoms with van der Waals surface area (Å²) in [6.07, 6.45) is -2.34. The van der Waals surface area contributed by atoms with E-state index >= 15 is 0 Å². The van der Waals surface area contributed by atoms with Gasteiger partial charge in [-0.1, -0.05) is 0 Å². The lowest BCUT2D eigenvalue weighted by Gasteiger charge is -2.23. The Bertz CT molecular complexity index is 541. The van der Waals surface area contributed by atoms with E-state index in [0.717, 1.165) is 16.9 Å². The third-order valence-electron chi connectivity index (χ3n) is 3.34. The van der Waals surface area contributed by atoms with Crippen LogP contribution < -0.4 is 0 Å². The van der Waals surface area contributed by atoms with Crippen LogP contribution in [0, 0.1) is 0 Å². The first kappa shape index (κ1) is 15.3. The largest absolute Gasteiger partial charge is 0.481 e. The zero-order valence-corrected chi connectivity index (χ0v) is 11.0. The molecule has 1 amide bonds. The summed E-state index contributed by atoms with van der Waals surface area (Å²) in [6, 6.07) is 0.402. The molecule has 9 heteroatoms. The first-order valence-electron chi connectivity index (χ1n) is 6.39. The van der Waals surface area contributed by atoms with Crippen LogP contribution in [-0.4, -0.2) is 44.3 Å². The van der Waals surface area contributed by atoms with E-state index in [1.165, 1.54) is 4.90 Å². The molecule has 1 aliphatic heterocycles. The normalized spacial score (nSPS) is 19.0. The van der Waals surface area contributed by atoms with Gasteiger partial charge in [0.25, 0.3) is 0 Å². The number of halogens is 3. The lowest BCUT2D eigenvalue weighted by atomic mass is 10.1. The highest BCUT2D eigenvalue weighted by Gasteiger charge is 2.34. The zero-order chi connectivity index (χ0) is 15.6. The molecule has 116 valence electrons. The van der Waals surface area contributed by atoms with Crippen LogP contribution in [0.5, 0.6) is 0 Å². The van der Waals surface area contributed by atoms with E-state index in [4.69, 9.17) is 5.11 Å². The number of aromatic nitrogens is 2. The topological polar surface area (TPSA) is 75.4 Å². The molecule has 0 saturated carbocycles. The Morgan fingerprint density at radius 3 is 2.71 bits per heavy atom. The molecular formula is C12H14F3N3O3. The molecule has 1 aromatic heterocycles. The smallest absolute Gasteiger partial charge is 0.435 e. The summed E-state index contributed by atoms with van der Waals surface area (Å²) in [4.78, 5) is 24.2. The van der Waals surface area contributed by atoms with E-state index < -0.39 is 29.8 Å². The highest BCUT2D eigenvalue weighted by molar-refractivity contribution is 5.77. The van der Waals surface area contributed by atoms with Gasteiger partial charge in [-0.05, 0) is 18.9 Å². The number of rotatable bonds is 4. The van der Waals surface area contributed by atoms with Crippen molar-refractivity contribution >= 4 is 11.9 Å². The molecule has 1 fully saturated rings. The van der Waals surface area contributed by atoms with Crippen LogP contribution in [0.15, 0.2) is 12.3 Å². The summed E-state index contributed by atoms with van der Waals surface area (Å²) in [7, 11) is 0. The Labute approximate surface area is 118 Å². The standard InChI is InChI=1S/C12H14F3N3O3/c13-12(14,15)9-3-5-17(16-9)7-10(19)18-4-1-2-8(18)6-11(20)21/h3,5,8H,1-2,4,6-7H2,(H,20,21). The number of nitrogens with zero attached hydrogens (tertiary/aromatic N) is 3. The molecular weight excluding hydrogens is 291 g/mol. The van der Waals surface area contributed by atoms with E-state index in [0.29, 0.717) is 19.4 Å². The second-order valence-corrected chi connectivity index (χ2v) is 4.88. The van der Waals surface area contributed by atoms with Crippen molar-refractivity contribution in [2.24, 2.45) is 0 Å². The van der Waals surface area contributed by atoms with Crippen molar-refractivity contribution in [3.05, 3.63) is 18.0 Å². The Morgan fingerprint density at radius 2 is 2.14 bits per heavy atom. The minimum absolute atomic E-state index is 0.154. The molecule has 6 nitrogen and oxygen atoms in total. The second-order valence-electron chi connectivity index (χ2n) is 4.88. The van der Waals surface area contributed by atoms with Crippen LogP contribution in [0.2, 0.25) is 0 Å². The minimum Gasteiger partial charge on any atom is -0.481 e. The van der Waals surface area contributed by atoms with Crippen molar-refractivity contribution in [2.75, 3.05) is 6.54 Å². The summed E-state index contributed by atoms with van der Waals surface area (Å²) >= 11 is 0. The van der Waals surface area contributed by atoms with Gasteiger partial charge in [-0.3, -0.25) is 14.3 Å². The third-order valence-corrected chi connectivity index (χ3v) is 3.34. The van der Waals surface area contributed by atoms with Gasteiger partial charge in [0.2, 0.25) is 5.91 Å². The molecule has 2 heterocycles. The van der Waals surface area contributed by atoms with Gasteiger partial charge in [-0.15, -0.1) is 0 Å². The Balaban J connectivity index is 2.00.